The molecule has 2 aromatic rings. The summed E-state index contributed by atoms with van der Waals surface area (Å²) in [6.07, 6.45) is 11.7. The van der Waals surface area contributed by atoms with Gasteiger partial charge in [0.2, 0.25) is 0 Å². The molecule has 0 atom stereocenters. The number of hydrogen-bond donors (Lipinski definition) is 1. The Bertz CT molecular complexity index is 1020. The highest BCUT2D eigenvalue weighted by atomic mass is 16.5. The van der Waals surface area contributed by atoms with Gasteiger partial charge in [-0.3, -0.25) is 14.2 Å². The lowest BCUT2D eigenvalue weighted by Gasteiger charge is -2.05. The topological polar surface area (TPSA) is 64.1 Å². The van der Waals surface area contributed by atoms with Crippen molar-refractivity contribution in [3.05, 3.63) is 73.9 Å². The van der Waals surface area contributed by atoms with Gasteiger partial charge in [-0.05, 0) is 36.6 Å². The number of hydrogen-bond acceptors (Lipinski definition) is 3. The van der Waals surface area contributed by atoms with E-state index < -0.39 is 0 Å². The van der Waals surface area contributed by atoms with Crippen LogP contribution in [0.3, 0.4) is 0 Å². The van der Waals surface area contributed by atoms with Gasteiger partial charge in [0.05, 0.1) is 7.11 Å². The third-order valence-corrected chi connectivity index (χ3v) is 4.61. The highest BCUT2D eigenvalue weighted by Crippen LogP contribution is 2.12. The standard InChI is InChI=1S/C23H30N2O3/c1-4-6-7-8-9-10-14-20-23(27)25(15-5-2)21(22(26)24-20)17-18-12-11-13-19(16-18)28-3/h5,11-14,16-17H,2,4,6-10,15H2,1,3H3,(H,24,26)/b20-14-,21-17-. The molecule has 0 bridgehead atoms. The quantitative estimate of drug-likeness (QED) is 0.508. The maximum Gasteiger partial charge on any atom is 0.274 e. The van der Waals surface area contributed by atoms with Crippen LogP contribution in [0.4, 0.5) is 0 Å². The van der Waals surface area contributed by atoms with Gasteiger partial charge in [0.15, 0.2) is 0 Å². The average molecular weight is 383 g/mol. The lowest BCUT2D eigenvalue weighted by molar-refractivity contribution is 0.414. The van der Waals surface area contributed by atoms with Gasteiger partial charge in [-0.15, -0.1) is 6.58 Å². The van der Waals surface area contributed by atoms with E-state index in [0.717, 1.165) is 24.8 Å². The van der Waals surface area contributed by atoms with E-state index in [1.54, 1.807) is 19.3 Å². The van der Waals surface area contributed by atoms with Crippen molar-refractivity contribution in [2.75, 3.05) is 7.11 Å². The lowest BCUT2D eigenvalue weighted by Crippen LogP contribution is -2.53. The predicted octanol–water partition coefficient (Wildman–Crippen LogP) is 2.70. The molecule has 0 radical (unpaired) electrons. The molecule has 0 amide bonds. The van der Waals surface area contributed by atoms with Gasteiger partial charge in [-0.1, -0.05) is 56.9 Å². The van der Waals surface area contributed by atoms with Gasteiger partial charge in [0.25, 0.3) is 11.1 Å². The summed E-state index contributed by atoms with van der Waals surface area (Å²) in [6, 6.07) is 7.35. The fourth-order valence-corrected chi connectivity index (χ4v) is 3.09. The molecule has 0 aliphatic carbocycles. The normalized spacial score (nSPS) is 12.4. The summed E-state index contributed by atoms with van der Waals surface area (Å²) >= 11 is 0. The molecule has 1 heterocycles. The first kappa shape index (κ1) is 21.5. The van der Waals surface area contributed by atoms with Crippen molar-refractivity contribution in [1.82, 2.24) is 9.55 Å². The van der Waals surface area contributed by atoms with Crippen LogP contribution in [-0.4, -0.2) is 16.7 Å². The maximum atomic E-state index is 12.9. The Balaban J connectivity index is 2.44. The molecule has 2 rings (SSSR count). The number of nitrogens with zero attached hydrogens (tertiary/aromatic N) is 1. The Morgan fingerprint density at radius 2 is 1.96 bits per heavy atom. The molecule has 5 heteroatoms. The van der Waals surface area contributed by atoms with Crippen molar-refractivity contribution >= 4 is 12.2 Å². The van der Waals surface area contributed by atoms with Crippen LogP contribution < -0.4 is 26.6 Å². The van der Waals surface area contributed by atoms with Crippen LogP contribution in [0, 0.1) is 0 Å². The number of aromatic amines is 1. The molecule has 0 unspecified atom stereocenters. The summed E-state index contributed by atoms with van der Waals surface area (Å²) in [6.45, 7) is 6.18. The third kappa shape index (κ3) is 5.84. The number of aromatic nitrogens is 2. The van der Waals surface area contributed by atoms with Gasteiger partial charge in [0, 0.05) is 6.54 Å². The minimum atomic E-state index is -0.290. The van der Waals surface area contributed by atoms with E-state index in [2.05, 4.69) is 18.5 Å². The zero-order chi connectivity index (χ0) is 20.4. The first-order valence-electron chi connectivity index (χ1n) is 9.90. The van der Waals surface area contributed by atoms with Crippen LogP contribution in [0.2, 0.25) is 0 Å². The number of ether oxygens (including phenoxy) is 1. The molecule has 28 heavy (non-hydrogen) atoms. The fraction of sp³-hybridized carbons (Fsp3) is 0.391. The first-order chi connectivity index (χ1) is 13.6. The maximum absolute atomic E-state index is 12.9. The second-order valence-corrected chi connectivity index (χ2v) is 6.79. The highest BCUT2D eigenvalue weighted by molar-refractivity contribution is 5.50. The molecular formula is C23H30N2O3. The summed E-state index contributed by atoms with van der Waals surface area (Å²) in [5.41, 5.74) is 0.290. The molecule has 0 saturated carbocycles. The van der Waals surface area contributed by atoms with Crippen LogP contribution in [0.25, 0.3) is 12.2 Å². The number of methoxy groups -OCH3 is 1. The van der Waals surface area contributed by atoms with Gasteiger partial charge in [-0.2, -0.15) is 0 Å². The molecule has 5 nitrogen and oxygen atoms in total. The zero-order valence-electron chi connectivity index (χ0n) is 16.9. The van der Waals surface area contributed by atoms with Crippen molar-refractivity contribution in [3.8, 4) is 5.75 Å². The second-order valence-electron chi connectivity index (χ2n) is 6.79. The fourth-order valence-electron chi connectivity index (χ4n) is 3.09. The van der Waals surface area contributed by atoms with Crippen molar-refractivity contribution in [3.63, 3.8) is 0 Å². The monoisotopic (exact) mass is 382 g/mol. The zero-order valence-corrected chi connectivity index (χ0v) is 16.9. The summed E-state index contributed by atoms with van der Waals surface area (Å²) in [5.74, 6) is 0.691. The molecule has 0 aliphatic rings. The molecule has 0 aliphatic heterocycles. The van der Waals surface area contributed by atoms with Gasteiger partial charge in [0.1, 0.15) is 16.4 Å². The van der Waals surface area contributed by atoms with E-state index in [9.17, 15) is 9.59 Å². The number of allylic oxidation sites excluding steroid dienone is 1. The summed E-state index contributed by atoms with van der Waals surface area (Å²) in [5, 5.41) is 0.656. The minimum absolute atomic E-state index is 0.206. The summed E-state index contributed by atoms with van der Waals surface area (Å²) in [7, 11) is 1.59. The molecule has 1 aromatic heterocycles. The Kier molecular flexibility index (Phi) is 8.53. The van der Waals surface area contributed by atoms with Crippen LogP contribution in [0.5, 0.6) is 5.75 Å². The van der Waals surface area contributed by atoms with Crippen LogP contribution >= 0.6 is 0 Å². The molecule has 150 valence electrons. The highest BCUT2D eigenvalue weighted by Gasteiger charge is 2.04. The van der Waals surface area contributed by atoms with Crippen molar-refractivity contribution in [1.29, 1.82) is 0 Å². The molecule has 1 N–H and O–H groups in total. The van der Waals surface area contributed by atoms with Crippen molar-refractivity contribution in [2.24, 2.45) is 0 Å². The summed E-state index contributed by atoms with van der Waals surface area (Å²) in [4.78, 5) is 28.3. The summed E-state index contributed by atoms with van der Waals surface area (Å²) < 4.78 is 6.69. The number of nitrogens with one attached hydrogen (secondary N) is 1. The predicted molar refractivity (Wildman–Crippen MR) is 115 cm³/mol. The van der Waals surface area contributed by atoms with Crippen molar-refractivity contribution in [2.45, 2.75) is 52.0 Å². The van der Waals surface area contributed by atoms with Crippen molar-refractivity contribution < 1.29 is 4.74 Å². The molecule has 1 aromatic carbocycles. The third-order valence-electron chi connectivity index (χ3n) is 4.61. The average Bonchev–Trinajstić information content (AvgIpc) is 2.70. The first-order valence-corrected chi connectivity index (χ1v) is 9.90. The second kappa shape index (κ2) is 11.1. The minimum Gasteiger partial charge on any atom is -0.497 e. The largest absolute Gasteiger partial charge is 0.497 e. The molecule has 0 fully saturated rings. The number of unbranched alkanes of at least 4 members (excludes halogenated alkanes) is 5. The lowest BCUT2D eigenvalue weighted by atomic mass is 10.1. The Hall–Kier alpha value is -2.82. The van der Waals surface area contributed by atoms with Crippen LogP contribution in [0.15, 0.2) is 46.5 Å². The molecular weight excluding hydrogens is 352 g/mol. The smallest absolute Gasteiger partial charge is 0.274 e. The SMILES string of the molecule is C=CCn1c(=O)/c(=C/CCCCCCC)[nH]c(=O)/c1=C/c1cccc(OC)c1. The van der Waals surface area contributed by atoms with Gasteiger partial charge < -0.3 is 9.72 Å². The number of rotatable bonds is 10. The number of H-pyrrole nitrogens is 1. The van der Waals surface area contributed by atoms with E-state index in [-0.39, 0.29) is 17.7 Å². The van der Waals surface area contributed by atoms with Crippen LogP contribution in [-0.2, 0) is 6.54 Å². The Morgan fingerprint density at radius 1 is 1.18 bits per heavy atom. The Morgan fingerprint density at radius 3 is 2.68 bits per heavy atom. The van der Waals surface area contributed by atoms with Crippen LogP contribution in [0.1, 0.15) is 51.0 Å². The van der Waals surface area contributed by atoms with E-state index in [4.69, 9.17) is 4.74 Å². The van der Waals surface area contributed by atoms with E-state index >= 15 is 0 Å². The molecule has 0 spiro atoms. The number of benzene rings is 1. The molecule has 0 saturated heterocycles. The van der Waals surface area contributed by atoms with E-state index in [1.807, 2.05) is 30.3 Å². The van der Waals surface area contributed by atoms with Gasteiger partial charge >= 0.3 is 0 Å². The Labute approximate surface area is 165 Å². The van der Waals surface area contributed by atoms with E-state index in [1.165, 1.54) is 23.8 Å². The van der Waals surface area contributed by atoms with E-state index in [0.29, 0.717) is 16.4 Å². The van der Waals surface area contributed by atoms with Gasteiger partial charge in [-0.25, -0.2) is 0 Å².